The monoisotopic (exact) mass is 1040 g/mol. The molecule has 0 saturated heterocycles. The molecule has 0 aliphatic carbocycles. The van der Waals surface area contributed by atoms with Crippen molar-refractivity contribution in [2.75, 3.05) is 13.2 Å². The standard InChI is InChI=1S/C68H128O6/c1-4-7-10-13-16-19-22-25-28-29-30-31-32-33-34-35-36-37-38-39-41-43-46-49-52-55-58-61-67(70)73-64-65(63-72-66(69)60-57-54-51-48-45-42-27-24-21-18-15-12-9-6-3)74-68(71)62-59-56-53-50-47-44-40-26-23-20-17-14-11-8-5-2/h15,18,24,27,65H,4-14,16-17,19-23,25-26,28-64H2,1-3H3/b18-15-,27-24-. The number of ether oxygens (including phenoxy) is 3. The van der Waals surface area contributed by atoms with Gasteiger partial charge < -0.3 is 14.2 Å². The first kappa shape index (κ1) is 71.9. The Kier molecular flexibility index (Phi) is 61.6. The summed E-state index contributed by atoms with van der Waals surface area (Å²) in [6.07, 6.45) is 76.3. The minimum Gasteiger partial charge on any atom is -0.462 e. The van der Waals surface area contributed by atoms with Gasteiger partial charge in [0.25, 0.3) is 0 Å². The molecule has 74 heavy (non-hydrogen) atoms. The largest absolute Gasteiger partial charge is 0.462 e. The summed E-state index contributed by atoms with van der Waals surface area (Å²) in [6.45, 7) is 6.66. The second-order valence-corrected chi connectivity index (χ2v) is 22.7. The van der Waals surface area contributed by atoms with Crippen molar-refractivity contribution < 1.29 is 28.6 Å². The van der Waals surface area contributed by atoms with Crippen molar-refractivity contribution in [3.63, 3.8) is 0 Å². The van der Waals surface area contributed by atoms with Crippen LogP contribution in [0.1, 0.15) is 374 Å². The molecule has 0 radical (unpaired) electrons. The van der Waals surface area contributed by atoms with Gasteiger partial charge in [-0.3, -0.25) is 14.4 Å². The normalized spacial score (nSPS) is 12.1. The second-order valence-electron chi connectivity index (χ2n) is 22.7. The van der Waals surface area contributed by atoms with Crippen LogP contribution >= 0.6 is 0 Å². The van der Waals surface area contributed by atoms with Gasteiger partial charge in [-0.05, 0) is 44.9 Å². The van der Waals surface area contributed by atoms with Gasteiger partial charge in [0.05, 0.1) is 0 Å². The Labute approximate surface area is 462 Å². The molecule has 1 atom stereocenters. The summed E-state index contributed by atoms with van der Waals surface area (Å²) in [5, 5.41) is 0. The van der Waals surface area contributed by atoms with E-state index in [1.165, 1.54) is 257 Å². The highest BCUT2D eigenvalue weighted by Crippen LogP contribution is 2.18. The third-order valence-electron chi connectivity index (χ3n) is 15.2. The van der Waals surface area contributed by atoms with E-state index in [9.17, 15) is 14.4 Å². The Balaban J connectivity index is 4.18. The summed E-state index contributed by atoms with van der Waals surface area (Å²) in [4.78, 5) is 38.3. The van der Waals surface area contributed by atoms with Gasteiger partial charge in [-0.2, -0.15) is 0 Å². The van der Waals surface area contributed by atoms with E-state index in [-0.39, 0.29) is 31.1 Å². The first-order valence-corrected chi connectivity index (χ1v) is 33.3. The molecule has 0 amide bonds. The molecule has 6 heteroatoms. The first-order chi connectivity index (χ1) is 36.5. The predicted octanol–water partition coefficient (Wildman–Crippen LogP) is 22.6. The van der Waals surface area contributed by atoms with Crippen molar-refractivity contribution in [3.05, 3.63) is 24.3 Å². The van der Waals surface area contributed by atoms with Crippen molar-refractivity contribution in [1.82, 2.24) is 0 Å². The average Bonchev–Trinajstić information content (AvgIpc) is 3.40. The number of allylic oxidation sites excluding steroid dienone is 4. The number of carbonyl (C=O) groups excluding carboxylic acids is 3. The van der Waals surface area contributed by atoms with Crippen LogP contribution in [0.25, 0.3) is 0 Å². The highest BCUT2D eigenvalue weighted by Gasteiger charge is 2.19. The fourth-order valence-electron chi connectivity index (χ4n) is 10.2. The van der Waals surface area contributed by atoms with Crippen LogP contribution in [0, 0.1) is 0 Å². The molecule has 0 aliphatic rings. The summed E-state index contributed by atoms with van der Waals surface area (Å²) in [6, 6.07) is 0. The third-order valence-corrected chi connectivity index (χ3v) is 15.2. The van der Waals surface area contributed by atoms with Gasteiger partial charge in [-0.1, -0.05) is 334 Å². The van der Waals surface area contributed by atoms with E-state index >= 15 is 0 Å². The van der Waals surface area contributed by atoms with E-state index in [2.05, 4.69) is 45.1 Å². The molecule has 436 valence electrons. The number of unbranched alkanes of at least 4 members (excludes halogenated alkanes) is 47. The second kappa shape index (κ2) is 63.4. The van der Waals surface area contributed by atoms with Crippen molar-refractivity contribution >= 4 is 17.9 Å². The Morgan fingerprint density at radius 3 is 0.784 bits per heavy atom. The fourth-order valence-corrected chi connectivity index (χ4v) is 10.2. The summed E-state index contributed by atoms with van der Waals surface area (Å²) >= 11 is 0. The lowest BCUT2D eigenvalue weighted by molar-refractivity contribution is -0.167. The zero-order valence-corrected chi connectivity index (χ0v) is 50.1. The van der Waals surface area contributed by atoms with Crippen molar-refractivity contribution in [3.8, 4) is 0 Å². The van der Waals surface area contributed by atoms with Gasteiger partial charge in [0.1, 0.15) is 13.2 Å². The third kappa shape index (κ3) is 60.8. The molecule has 1 unspecified atom stereocenters. The number of rotatable bonds is 62. The van der Waals surface area contributed by atoms with Gasteiger partial charge >= 0.3 is 17.9 Å². The van der Waals surface area contributed by atoms with E-state index in [0.29, 0.717) is 19.3 Å². The van der Waals surface area contributed by atoms with E-state index < -0.39 is 6.10 Å². The van der Waals surface area contributed by atoms with Crippen LogP contribution in [0.15, 0.2) is 24.3 Å². The molecule has 6 nitrogen and oxygen atoms in total. The number of hydrogen-bond donors (Lipinski definition) is 0. The Hall–Kier alpha value is -2.11. The minimum atomic E-state index is -0.773. The highest BCUT2D eigenvalue weighted by molar-refractivity contribution is 5.71. The fraction of sp³-hybridized carbons (Fsp3) is 0.897. The molecule has 0 saturated carbocycles. The van der Waals surface area contributed by atoms with Gasteiger partial charge in [0, 0.05) is 19.3 Å². The van der Waals surface area contributed by atoms with Gasteiger partial charge in [0.15, 0.2) is 6.10 Å². The summed E-state index contributed by atoms with van der Waals surface area (Å²) in [7, 11) is 0. The van der Waals surface area contributed by atoms with Crippen LogP contribution in [0.5, 0.6) is 0 Å². The smallest absolute Gasteiger partial charge is 0.306 e. The molecule has 0 bridgehead atoms. The van der Waals surface area contributed by atoms with E-state index in [1.807, 2.05) is 0 Å². The first-order valence-electron chi connectivity index (χ1n) is 33.3. The topological polar surface area (TPSA) is 78.9 Å². The molecule has 0 aromatic carbocycles. The van der Waals surface area contributed by atoms with Gasteiger partial charge in [-0.25, -0.2) is 0 Å². The summed E-state index contributed by atoms with van der Waals surface area (Å²) in [5.41, 5.74) is 0. The van der Waals surface area contributed by atoms with Crippen molar-refractivity contribution in [2.24, 2.45) is 0 Å². The Morgan fingerprint density at radius 2 is 0.500 bits per heavy atom. The maximum absolute atomic E-state index is 12.9. The summed E-state index contributed by atoms with van der Waals surface area (Å²) in [5.74, 6) is -0.856. The SMILES string of the molecule is CCCC/C=C\C/C=C\CCCCCCCC(=O)OCC(COC(=O)CCCCCCCCCCCCCCCCCCCCCCCCCCCCC)OC(=O)CCCCCCCCCCCCCCCCC. The Bertz CT molecular complexity index is 1190. The molecule has 0 rings (SSSR count). The lowest BCUT2D eigenvalue weighted by Crippen LogP contribution is -2.30. The van der Waals surface area contributed by atoms with E-state index in [1.54, 1.807) is 0 Å². The molecular formula is C68H128O6. The maximum atomic E-state index is 12.9. The van der Waals surface area contributed by atoms with Crippen LogP contribution in [0.3, 0.4) is 0 Å². The van der Waals surface area contributed by atoms with E-state index in [0.717, 1.165) is 77.0 Å². The van der Waals surface area contributed by atoms with Crippen molar-refractivity contribution in [1.29, 1.82) is 0 Å². The van der Waals surface area contributed by atoms with Crippen LogP contribution < -0.4 is 0 Å². The van der Waals surface area contributed by atoms with Crippen LogP contribution in [0.4, 0.5) is 0 Å². The Morgan fingerprint density at radius 1 is 0.270 bits per heavy atom. The lowest BCUT2D eigenvalue weighted by Gasteiger charge is -2.18. The van der Waals surface area contributed by atoms with Crippen LogP contribution in [0.2, 0.25) is 0 Å². The molecule has 0 heterocycles. The van der Waals surface area contributed by atoms with Gasteiger partial charge in [-0.15, -0.1) is 0 Å². The zero-order valence-electron chi connectivity index (χ0n) is 50.1. The molecular weight excluding hydrogens is 913 g/mol. The predicted molar refractivity (Wildman–Crippen MR) is 321 cm³/mol. The summed E-state index contributed by atoms with van der Waals surface area (Å²) < 4.78 is 16.9. The molecule has 0 N–H and O–H groups in total. The zero-order chi connectivity index (χ0) is 53.6. The lowest BCUT2D eigenvalue weighted by atomic mass is 10.0. The quantitative estimate of drug-likeness (QED) is 0.0261. The molecule has 0 spiro atoms. The van der Waals surface area contributed by atoms with Crippen LogP contribution in [-0.4, -0.2) is 37.2 Å². The molecule has 0 fully saturated rings. The van der Waals surface area contributed by atoms with E-state index in [4.69, 9.17) is 14.2 Å². The van der Waals surface area contributed by atoms with Crippen LogP contribution in [-0.2, 0) is 28.6 Å². The van der Waals surface area contributed by atoms with Crippen molar-refractivity contribution in [2.45, 2.75) is 380 Å². The maximum Gasteiger partial charge on any atom is 0.306 e. The molecule has 0 aliphatic heterocycles. The highest BCUT2D eigenvalue weighted by atomic mass is 16.6. The number of esters is 3. The van der Waals surface area contributed by atoms with Gasteiger partial charge in [0.2, 0.25) is 0 Å². The number of carbonyl (C=O) groups is 3. The average molecular weight is 1040 g/mol. The molecule has 0 aromatic heterocycles. The number of hydrogen-bond acceptors (Lipinski definition) is 6. The minimum absolute atomic E-state index is 0.0696. The molecule has 0 aromatic rings.